The molecule has 2 heteroatoms. The molecule has 2 aromatic carbocycles. The summed E-state index contributed by atoms with van der Waals surface area (Å²) >= 11 is 0. The van der Waals surface area contributed by atoms with Gasteiger partial charge in [0.25, 0.3) is 0 Å². The quantitative estimate of drug-likeness (QED) is 0.925. The average molecular weight is 281 g/mol. The summed E-state index contributed by atoms with van der Waals surface area (Å²) in [6.07, 6.45) is 3.05. The Morgan fingerprint density at radius 2 is 1.95 bits per heavy atom. The molecule has 0 amide bonds. The molecule has 2 nitrogen and oxygen atoms in total. The molecule has 110 valence electrons. The van der Waals surface area contributed by atoms with Gasteiger partial charge in [-0.1, -0.05) is 44.2 Å². The molecule has 1 aliphatic rings. The van der Waals surface area contributed by atoms with Gasteiger partial charge in [-0.15, -0.1) is 0 Å². The van der Waals surface area contributed by atoms with E-state index in [-0.39, 0.29) is 6.04 Å². The van der Waals surface area contributed by atoms with E-state index in [1.807, 2.05) is 0 Å². The first-order chi connectivity index (χ1) is 10.2. The highest BCUT2D eigenvalue weighted by molar-refractivity contribution is 5.45. The number of benzene rings is 2. The van der Waals surface area contributed by atoms with Crippen LogP contribution in [0.2, 0.25) is 0 Å². The van der Waals surface area contributed by atoms with Crippen molar-refractivity contribution in [2.24, 2.45) is 5.73 Å². The maximum absolute atomic E-state index is 6.57. The van der Waals surface area contributed by atoms with Crippen LogP contribution in [0.25, 0.3) is 0 Å². The number of fused-ring (bicyclic) bond motifs is 1. The van der Waals surface area contributed by atoms with Crippen LogP contribution in [-0.4, -0.2) is 6.61 Å². The lowest BCUT2D eigenvalue weighted by Crippen LogP contribution is -2.14. The van der Waals surface area contributed by atoms with E-state index in [2.05, 4.69) is 50.2 Å². The zero-order chi connectivity index (χ0) is 14.8. The monoisotopic (exact) mass is 281 g/mol. The van der Waals surface area contributed by atoms with Crippen molar-refractivity contribution in [2.75, 3.05) is 6.61 Å². The lowest BCUT2D eigenvalue weighted by Gasteiger charge is -2.18. The molecule has 0 fully saturated rings. The first kappa shape index (κ1) is 14.2. The Morgan fingerprint density at radius 1 is 1.10 bits per heavy atom. The molecule has 21 heavy (non-hydrogen) atoms. The summed E-state index contributed by atoms with van der Waals surface area (Å²) in [6.45, 7) is 5.16. The van der Waals surface area contributed by atoms with E-state index in [9.17, 15) is 0 Å². The normalized spacial score (nSPS) is 14.6. The number of hydrogen-bond donors (Lipinski definition) is 1. The minimum atomic E-state index is -0.0580. The van der Waals surface area contributed by atoms with E-state index in [0.29, 0.717) is 0 Å². The summed E-state index contributed by atoms with van der Waals surface area (Å²) in [5.41, 5.74) is 13.0. The van der Waals surface area contributed by atoms with Crippen LogP contribution < -0.4 is 10.5 Å². The van der Waals surface area contributed by atoms with Crippen LogP contribution in [0, 0.1) is 0 Å². The number of rotatable bonds is 4. The van der Waals surface area contributed by atoms with E-state index < -0.39 is 0 Å². The first-order valence-electron chi connectivity index (χ1n) is 7.85. The second kappa shape index (κ2) is 5.90. The van der Waals surface area contributed by atoms with E-state index in [1.54, 1.807) is 0 Å². The Morgan fingerprint density at radius 3 is 2.71 bits per heavy atom. The molecule has 2 aromatic rings. The Bertz CT molecular complexity index is 648. The molecule has 2 N–H and O–H groups in total. The Balaban J connectivity index is 1.99. The highest BCUT2D eigenvalue weighted by Gasteiger charge is 2.17. The number of aryl methyl sites for hydroxylation is 2. The van der Waals surface area contributed by atoms with Crippen molar-refractivity contribution in [3.63, 3.8) is 0 Å². The van der Waals surface area contributed by atoms with Gasteiger partial charge in [0.1, 0.15) is 5.75 Å². The molecule has 3 rings (SSSR count). The summed E-state index contributed by atoms with van der Waals surface area (Å²) in [7, 11) is 0. The van der Waals surface area contributed by atoms with Gasteiger partial charge in [0, 0.05) is 6.42 Å². The van der Waals surface area contributed by atoms with Crippen LogP contribution in [0.1, 0.15) is 47.7 Å². The number of ether oxygens (including phenoxy) is 1. The third-order valence-corrected chi connectivity index (χ3v) is 4.41. The van der Waals surface area contributed by atoms with E-state index in [4.69, 9.17) is 10.5 Å². The Labute approximate surface area is 126 Å². The van der Waals surface area contributed by atoms with Gasteiger partial charge in [0.2, 0.25) is 0 Å². The number of nitrogens with two attached hydrogens (primary N) is 1. The van der Waals surface area contributed by atoms with Crippen molar-refractivity contribution < 1.29 is 4.74 Å². The van der Waals surface area contributed by atoms with E-state index in [0.717, 1.165) is 31.6 Å². The predicted molar refractivity (Wildman–Crippen MR) is 86.9 cm³/mol. The van der Waals surface area contributed by atoms with Crippen molar-refractivity contribution in [2.45, 2.75) is 39.2 Å². The Kier molecular flexibility index (Phi) is 3.98. The zero-order valence-electron chi connectivity index (χ0n) is 12.9. The second-order valence-corrected chi connectivity index (χ2v) is 5.68. The highest BCUT2D eigenvalue weighted by atomic mass is 16.5. The molecule has 1 aliphatic heterocycles. The van der Waals surface area contributed by atoms with Gasteiger partial charge in [-0.05, 0) is 46.7 Å². The van der Waals surface area contributed by atoms with Crippen molar-refractivity contribution in [1.29, 1.82) is 0 Å². The number of hydrogen-bond acceptors (Lipinski definition) is 2. The maximum atomic E-state index is 6.57. The molecule has 0 saturated heterocycles. The molecule has 0 aliphatic carbocycles. The standard InChI is InChI=1S/C19H23NO/c1-3-13-5-6-14(4-2)17(11-13)19(20)16-7-8-18-15(12-16)9-10-21-18/h5-8,11-12,19H,3-4,9-10,20H2,1-2H3. The molecule has 0 radical (unpaired) electrons. The van der Waals surface area contributed by atoms with Gasteiger partial charge >= 0.3 is 0 Å². The molecule has 0 saturated carbocycles. The summed E-state index contributed by atoms with van der Waals surface area (Å²) in [5, 5.41) is 0. The van der Waals surface area contributed by atoms with Crippen LogP contribution in [0.5, 0.6) is 5.75 Å². The summed E-state index contributed by atoms with van der Waals surface area (Å²) in [6, 6.07) is 13.0. The molecule has 0 aromatic heterocycles. The van der Waals surface area contributed by atoms with Crippen molar-refractivity contribution in [1.82, 2.24) is 0 Å². The molecule has 0 spiro atoms. The van der Waals surface area contributed by atoms with Gasteiger partial charge in [0.05, 0.1) is 12.6 Å². The predicted octanol–water partition coefficient (Wildman–Crippen LogP) is 3.79. The van der Waals surface area contributed by atoms with Crippen molar-refractivity contribution in [3.05, 3.63) is 64.2 Å². The third-order valence-electron chi connectivity index (χ3n) is 4.41. The SMILES string of the molecule is CCc1ccc(CC)c(C(N)c2ccc3c(c2)CCO3)c1. The van der Waals surface area contributed by atoms with Gasteiger partial charge in [0.15, 0.2) is 0 Å². The largest absolute Gasteiger partial charge is 0.493 e. The smallest absolute Gasteiger partial charge is 0.122 e. The highest BCUT2D eigenvalue weighted by Crippen LogP contribution is 2.31. The van der Waals surface area contributed by atoms with Crippen LogP contribution in [0.4, 0.5) is 0 Å². The lowest BCUT2D eigenvalue weighted by molar-refractivity contribution is 0.357. The lowest BCUT2D eigenvalue weighted by atomic mass is 9.91. The van der Waals surface area contributed by atoms with Crippen LogP contribution >= 0.6 is 0 Å². The molecular formula is C19H23NO. The van der Waals surface area contributed by atoms with Crippen LogP contribution in [0.15, 0.2) is 36.4 Å². The minimum absolute atomic E-state index is 0.0580. The van der Waals surface area contributed by atoms with Crippen LogP contribution in [0.3, 0.4) is 0 Å². The third kappa shape index (κ3) is 2.68. The van der Waals surface area contributed by atoms with Crippen molar-refractivity contribution in [3.8, 4) is 5.75 Å². The maximum Gasteiger partial charge on any atom is 0.122 e. The molecular weight excluding hydrogens is 258 g/mol. The molecule has 1 unspecified atom stereocenters. The summed E-state index contributed by atoms with van der Waals surface area (Å²) < 4.78 is 5.58. The fourth-order valence-corrected chi connectivity index (χ4v) is 3.06. The summed E-state index contributed by atoms with van der Waals surface area (Å²) in [5.74, 6) is 1.02. The minimum Gasteiger partial charge on any atom is -0.493 e. The first-order valence-corrected chi connectivity index (χ1v) is 7.85. The Hall–Kier alpha value is -1.80. The average Bonchev–Trinajstić information content (AvgIpc) is 3.01. The topological polar surface area (TPSA) is 35.2 Å². The fourth-order valence-electron chi connectivity index (χ4n) is 3.06. The van der Waals surface area contributed by atoms with Crippen LogP contribution in [-0.2, 0) is 19.3 Å². The molecule has 0 bridgehead atoms. The fraction of sp³-hybridized carbons (Fsp3) is 0.368. The zero-order valence-corrected chi connectivity index (χ0v) is 12.9. The second-order valence-electron chi connectivity index (χ2n) is 5.68. The van der Waals surface area contributed by atoms with Crippen molar-refractivity contribution >= 4 is 0 Å². The van der Waals surface area contributed by atoms with E-state index >= 15 is 0 Å². The molecule has 1 heterocycles. The van der Waals surface area contributed by atoms with Gasteiger partial charge in [-0.3, -0.25) is 0 Å². The summed E-state index contributed by atoms with van der Waals surface area (Å²) in [4.78, 5) is 0. The van der Waals surface area contributed by atoms with Gasteiger partial charge < -0.3 is 10.5 Å². The van der Waals surface area contributed by atoms with E-state index in [1.165, 1.54) is 27.8 Å². The molecule has 1 atom stereocenters. The van der Waals surface area contributed by atoms with Gasteiger partial charge in [-0.25, -0.2) is 0 Å². The van der Waals surface area contributed by atoms with Gasteiger partial charge in [-0.2, -0.15) is 0 Å².